The number of anilines is 1. The van der Waals surface area contributed by atoms with Gasteiger partial charge in [-0.1, -0.05) is 0 Å². The van der Waals surface area contributed by atoms with Crippen LogP contribution in [-0.2, 0) is 36.9 Å². The van der Waals surface area contributed by atoms with Crippen molar-refractivity contribution in [2.75, 3.05) is 25.5 Å². The molecule has 0 spiro atoms. The minimum Gasteiger partial charge on any atom is -0.395 e. The highest BCUT2D eigenvalue weighted by Crippen LogP contribution is 2.38. The molecule has 0 aromatic carbocycles. The summed E-state index contributed by atoms with van der Waals surface area (Å²) >= 11 is 1.31. The first-order valence-electron chi connectivity index (χ1n) is 9.86. The van der Waals surface area contributed by atoms with E-state index >= 15 is 0 Å². The number of hydrogen-bond donors (Lipinski definition) is 4. The van der Waals surface area contributed by atoms with E-state index in [0.717, 1.165) is 34.4 Å². The van der Waals surface area contributed by atoms with Gasteiger partial charge < -0.3 is 21.1 Å². The van der Waals surface area contributed by atoms with Gasteiger partial charge in [0, 0.05) is 29.7 Å². The number of aryl methyl sites for hydroxylation is 1. The predicted octanol–water partition coefficient (Wildman–Crippen LogP) is 1.92. The molecule has 0 saturated heterocycles. The fraction of sp³-hybridized carbons (Fsp3) is 0.526. The second-order valence-electron chi connectivity index (χ2n) is 7.17. The van der Waals surface area contributed by atoms with Gasteiger partial charge in [0.15, 0.2) is 5.69 Å². The second-order valence-corrected chi connectivity index (χ2v) is 8.28. The largest absolute Gasteiger partial charge is 0.435 e. The summed E-state index contributed by atoms with van der Waals surface area (Å²) in [4.78, 5) is 26.2. The molecule has 0 saturated carbocycles. The summed E-state index contributed by atoms with van der Waals surface area (Å²) in [7, 11) is 1.52. The van der Waals surface area contributed by atoms with Gasteiger partial charge in [0.05, 0.1) is 12.2 Å². The molecule has 2 amide bonds. The minimum absolute atomic E-state index is 0.0384. The topological polar surface area (TPSA) is 108 Å². The quantitative estimate of drug-likeness (QED) is 0.483. The summed E-state index contributed by atoms with van der Waals surface area (Å²) in [6.45, 7) is -0.593. The molecule has 12 heteroatoms. The lowest BCUT2D eigenvalue weighted by atomic mass is 9.95. The number of thiophene rings is 1. The Morgan fingerprint density at radius 3 is 2.71 bits per heavy atom. The lowest BCUT2D eigenvalue weighted by molar-refractivity contribution is -0.142. The van der Waals surface area contributed by atoms with Crippen molar-refractivity contribution in [3.8, 4) is 0 Å². The van der Waals surface area contributed by atoms with Crippen LogP contribution in [0.15, 0.2) is 6.20 Å². The minimum atomic E-state index is -4.63. The molecule has 0 radical (unpaired) electrons. The van der Waals surface area contributed by atoms with Crippen molar-refractivity contribution in [2.45, 2.75) is 44.9 Å². The summed E-state index contributed by atoms with van der Waals surface area (Å²) < 4.78 is 40.5. The van der Waals surface area contributed by atoms with Crippen molar-refractivity contribution in [3.05, 3.63) is 33.5 Å². The summed E-state index contributed by atoms with van der Waals surface area (Å²) in [5, 5.41) is 20.8. The first-order valence-corrected chi connectivity index (χ1v) is 10.7. The standard InChI is InChI=1S/C19H24F3N5O3S/c1-23-8-11-9-27(26-16(11)19(20,21)22)10-14(29)25-18-15(17(30)24-6-7-28)12-4-2-3-5-13(12)31-18/h9,23,28H,2-8,10H2,1H3,(H,24,30)(H,25,29). The molecule has 1 aliphatic rings. The molecule has 0 atom stereocenters. The van der Waals surface area contributed by atoms with Crippen LogP contribution in [0.2, 0.25) is 0 Å². The van der Waals surface area contributed by atoms with Crippen molar-refractivity contribution >= 4 is 28.2 Å². The number of carbonyl (C=O) groups excluding carboxylic acids is 2. The molecule has 8 nitrogen and oxygen atoms in total. The van der Waals surface area contributed by atoms with Gasteiger partial charge in [0.1, 0.15) is 11.5 Å². The van der Waals surface area contributed by atoms with E-state index in [1.807, 2.05) is 0 Å². The van der Waals surface area contributed by atoms with Gasteiger partial charge in [0.25, 0.3) is 5.91 Å². The van der Waals surface area contributed by atoms with E-state index in [9.17, 15) is 22.8 Å². The summed E-state index contributed by atoms with van der Waals surface area (Å²) in [6, 6.07) is 0. The highest BCUT2D eigenvalue weighted by molar-refractivity contribution is 7.17. The number of rotatable bonds is 8. The maximum Gasteiger partial charge on any atom is 0.435 e. The molecule has 2 aromatic rings. The van der Waals surface area contributed by atoms with Gasteiger partial charge in [-0.05, 0) is 38.3 Å². The fourth-order valence-electron chi connectivity index (χ4n) is 3.57. The lowest BCUT2D eigenvalue weighted by Gasteiger charge is -2.13. The zero-order chi connectivity index (χ0) is 22.6. The molecule has 2 aromatic heterocycles. The van der Waals surface area contributed by atoms with E-state index in [1.54, 1.807) is 0 Å². The highest BCUT2D eigenvalue weighted by atomic mass is 32.1. The Morgan fingerprint density at radius 2 is 2.03 bits per heavy atom. The van der Waals surface area contributed by atoms with Gasteiger partial charge in [-0.2, -0.15) is 18.3 Å². The van der Waals surface area contributed by atoms with E-state index in [-0.39, 0.29) is 25.3 Å². The number of halogens is 3. The first-order chi connectivity index (χ1) is 14.7. The fourth-order valence-corrected chi connectivity index (χ4v) is 4.87. The van der Waals surface area contributed by atoms with Crippen LogP contribution in [0.3, 0.4) is 0 Å². The average Bonchev–Trinajstić information content (AvgIpc) is 3.27. The smallest absolute Gasteiger partial charge is 0.395 e. The lowest BCUT2D eigenvalue weighted by Crippen LogP contribution is -2.28. The Kier molecular flexibility index (Phi) is 7.34. The second kappa shape index (κ2) is 9.79. The molecule has 0 unspecified atom stereocenters. The number of aliphatic hydroxyl groups excluding tert-OH is 1. The maximum absolute atomic E-state index is 13.2. The van der Waals surface area contributed by atoms with E-state index in [2.05, 4.69) is 21.0 Å². The van der Waals surface area contributed by atoms with E-state index in [1.165, 1.54) is 24.6 Å². The van der Waals surface area contributed by atoms with Crippen LogP contribution in [0, 0.1) is 0 Å². The van der Waals surface area contributed by atoms with Gasteiger partial charge in [-0.3, -0.25) is 14.3 Å². The van der Waals surface area contributed by atoms with Crippen molar-refractivity contribution < 1.29 is 27.9 Å². The number of carbonyl (C=O) groups is 2. The van der Waals surface area contributed by atoms with Crippen LogP contribution < -0.4 is 16.0 Å². The molecule has 4 N–H and O–H groups in total. The van der Waals surface area contributed by atoms with Crippen LogP contribution in [0.1, 0.15) is 44.9 Å². The predicted molar refractivity (Wildman–Crippen MR) is 109 cm³/mol. The first kappa shape index (κ1) is 23.2. The third-order valence-corrected chi connectivity index (χ3v) is 6.03. The van der Waals surface area contributed by atoms with Gasteiger partial charge in [-0.15, -0.1) is 11.3 Å². The van der Waals surface area contributed by atoms with Crippen molar-refractivity contribution in [1.82, 2.24) is 20.4 Å². The Morgan fingerprint density at radius 1 is 1.29 bits per heavy atom. The molecular formula is C19H24F3N5O3S. The number of nitrogens with zero attached hydrogens (tertiary/aromatic N) is 2. The Hall–Kier alpha value is -2.44. The summed E-state index contributed by atoms with van der Waals surface area (Å²) in [6.07, 6.45) is -0.00588. The molecule has 0 aliphatic heterocycles. The average molecular weight is 459 g/mol. The zero-order valence-electron chi connectivity index (χ0n) is 16.9. The van der Waals surface area contributed by atoms with E-state index < -0.39 is 30.2 Å². The van der Waals surface area contributed by atoms with Crippen molar-refractivity contribution in [2.24, 2.45) is 0 Å². The Bertz CT molecular complexity index is 954. The molecular weight excluding hydrogens is 435 g/mol. The van der Waals surface area contributed by atoms with E-state index in [0.29, 0.717) is 17.0 Å². The third-order valence-electron chi connectivity index (χ3n) is 4.83. The number of aliphatic hydroxyl groups is 1. The van der Waals surface area contributed by atoms with Crippen LogP contribution in [0.4, 0.5) is 18.2 Å². The third kappa shape index (κ3) is 5.43. The zero-order valence-corrected chi connectivity index (χ0v) is 17.8. The normalized spacial score (nSPS) is 13.7. The van der Waals surface area contributed by atoms with Crippen LogP contribution in [0.5, 0.6) is 0 Å². The van der Waals surface area contributed by atoms with Crippen LogP contribution in [-0.4, -0.2) is 46.9 Å². The van der Waals surface area contributed by atoms with Crippen molar-refractivity contribution in [1.29, 1.82) is 0 Å². The number of fused-ring (bicyclic) bond motifs is 1. The molecule has 1 aliphatic carbocycles. The summed E-state index contributed by atoms with van der Waals surface area (Å²) in [5.74, 6) is -0.972. The monoisotopic (exact) mass is 459 g/mol. The maximum atomic E-state index is 13.2. The van der Waals surface area contributed by atoms with Gasteiger partial charge in [0.2, 0.25) is 5.91 Å². The molecule has 3 rings (SSSR count). The summed E-state index contributed by atoms with van der Waals surface area (Å²) in [5.41, 5.74) is 0.161. The molecule has 0 fully saturated rings. The number of amides is 2. The highest BCUT2D eigenvalue weighted by Gasteiger charge is 2.37. The molecule has 2 heterocycles. The molecule has 0 bridgehead atoms. The Labute approximate surface area is 180 Å². The van der Waals surface area contributed by atoms with Crippen LogP contribution in [0.25, 0.3) is 0 Å². The van der Waals surface area contributed by atoms with Gasteiger partial charge in [-0.25, -0.2) is 0 Å². The number of hydrogen-bond acceptors (Lipinski definition) is 6. The SMILES string of the molecule is CNCc1cn(CC(=O)Nc2sc3c(c2C(=O)NCCO)CCCC3)nc1C(F)(F)F. The van der Waals surface area contributed by atoms with Crippen LogP contribution >= 0.6 is 11.3 Å². The number of nitrogens with one attached hydrogen (secondary N) is 3. The number of alkyl halides is 3. The van der Waals surface area contributed by atoms with Gasteiger partial charge >= 0.3 is 6.18 Å². The molecule has 31 heavy (non-hydrogen) atoms. The van der Waals surface area contributed by atoms with Crippen molar-refractivity contribution in [3.63, 3.8) is 0 Å². The Balaban J connectivity index is 1.81. The van der Waals surface area contributed by atoms with E-state index in [4.69, 9.17) is 5.11 Å². The number of aromatic nitrogens is 2. The molecule has 170 valence electrons.